The smallest absolute Gasteiger partial charge is 0.0571 e. The second-order valence-electron chi connectivity index (χ2n) is 10.4. The average Bonchev–Trinajstić information content (AvgIpc) is 3.64. The molecule has 0 bridgehead atoms. The summed E-state index contributed by atoms with van der Waals surface area (Å²) >= 11 is 0. The Morgan fingerprint density at radius 1 is 0.462 bits per heavy atom. The molecule has 9 rings (SSSR count). The molecular weight excluding hydrogens is 476 g/mol. The zero-order valence-corrected chi connectivity index (χ0v) is 21.0. The van der Waals surface area contributed by atoms with E-state index in [9.17, 15) is 0 Å². The maximum Gasteiger partial charge on any atom is 0.0571 e. The molecule has 4 nitrogen and oxygen atoms in total. The lowest BCUT2D eigenvalue weighted by molar-refractivity contribution is 1.16. The quantitative estimate of drug-likeness (QED) is 0.241. The second-order valence-corrected chi connectivity index (χ2v) is 10.4. The fraction of sp³-hybridized carbons (Fsp3) is 0.0286. The van der Waals surface area contributed by atoms with Crippen molar-refractivity contribution < 1.29 is 0 Å². The first-order valence-electron chi connectivity index (χ1n) is 13.3. The molecule has 0 amide bonds. The summed E-state index contributed by atoms with van der Waals surface area (Å²) < 4.78 is 4.74. The Hall–Kier alpha value is -5.22. The van der Waals surface area contributed by atoms with Crippen molar-refractivity contribution >= 4 is 43.6 Å². The molecule has 0 radical (unpaired) electrons. The normalized spacial score (nSPS) is 12.5. The van der Waals surface area contributed by atoms with E-state index in [1.165, 1.54) is 77.2 Å². The van der Waals surface area contributed by atoms with Crippen LogP contribution in [0.2, 0.25) is 0 Å². The molecule has 0 spiro atoms. The standard InChI is InChI=1S/C35H22N4/c1-3-7-32-26(5-1)30-20-36-15-13-34(30)38(32)24-11-9-22-17-23-10-12-25(19-29(23)28(22)18-24)39-33-8-4-2-6-27(33)31-21-37-16-14-35(31)39/h1-16,18-21H,17H2. The van der Waals surface area contributed by atoms with Crippen LogP contribution in [-0.4, -0.2) is 19.1 Å². The Morgan fingerprint density at radius 3 is 1.44 bits per heavy atom. The first-order valence-corrected chi connectivity index (χ1v) is 13.3. The molecule has 0 saturated heterocycles. The maximum absolute atomic E-state index is 4.42. The Balaban J connectivity index is 1.27. The van der Waals surface area contributed by atoms with Crippen LogP contribution in [0.15, 0.2) is 122 Å². The highest BCUT2D eigenvalue weighted by Crippen LogP contribution is 2.41. The predicted octanol–water partition coefficient (Wildman–Crippen LogP) is 8.24. The van der Waals surface area contributed by atoms with Gasteiger partial charge in [-0.05, 0) is 77.2 Å². The van der Waals surface area contributed by atoms with E-state index in [0.29, 0.717) is 0 Å². The summed E-state index contributed by atoms with van der Waals surface area (Å²) in [4.78, 5) is 8.83. The molecule has 4 aromatic carbocycles. The van der Waals surface area contributed by atoms with E-state index in [-0.39, 0.29) is 0 Å². The summed E-state index contributed by atoms with van der Waals surface area (Å²) in [6, 6.07) is 35.3. The number of para-hydroxylation sites is 2. The van der Waals surface area contributed by atoms with Crippen molar-refractivity contribution in [1.29, 1.82) is 0 Å². The molecule has 182 valence electrons. The van der Waals surface area contributed by atoms with E-state index >= 15 is 0 Å². The Bertz CT molecular complexity index is 2000. The minimum Gasteiger partial charge on any atom is -0.309 e. The lowest BCUT2D eigenvalue weighted by Crippen LogP contribution is -1.96. The van der Waals surface area contributed by atoms with Crippen LogP contribution >= 0.6 is 0 Å². The molecule has 8 aromatic rings. The zero-order valence-electron chi connectivity index (χ0n) is 21.0. The summed E-state index contributed by atoms with van der Waals surface area (Å²) in [6.45, 7) is 0. The number of rotatable bonds is 2. The topological polar surface area (TPSA) is 35.6 Å². The highest BCUT2D eigenvalue weighted by atomic mass is 15.0. The summed E-state index contributed by atoms with van der Waals surface area (Å²) in [5.41, 5.74) is 12.5. The number of aromatic nitrogens is 4. The van der Waals surface area contributed by atoms with E-state index in [4.69, 9.17) is 0 Å². The first-order chi connectivity index (χ1) is 19.3. The van der Waals surface area contributed by atoms with Crippen LogP contribution in [-0.2, 0) is 6.42 Å². The number of hydrogen-bond acceptors (Lipinski definition) is 2. The molecule has 0 saturated carbocycles. The van der Waals surface area contributed by atoms with Gasteiger partial charge in [0.25, 0.3) is 0 Å². The van der Waals surface area contributed by atoms with Gasteiger partial charge in [0, 0.05) is 57.7 Å². The first kappa shape index (κ1) is 20.8. The molecule has 39 heavy (non-hydrogen) atoms. The molecule has 0 unspecified atom stereocenters. The van der Waals surface area contributed by atoms with Gasteiger partial charge in [0.05, 0.1) is 22.1 Å². The fourth-order valence-electron chi connectivity index (χ4n) is 6.61. The van der Waals surface area contributed by atoms with Gasteiger partial charge in [-0.15, -0.1) is 0 Å². The Labute approximate surface area is 224 Å². The van der Waals surface area contributed by atoms with Crippen molar-refractivity contribution in [2.75, 3.05) is 0 Å². The van der Waals surface area contributed by atoms with Gasteiger partial charge in [-0.25, -0.2) is 0 Å². The molecule has 0 fully saturated rings. The number of fused-ring (bicyclic) bond motifs is 9. The highest BCUT2D eigenvalue weighted by Gasteiger charge is 2.22. The third-order valence-electron chi connectivity index (χ3n) is 8.32. The fourth-order valence-corrected chi connectivity index (χ4v) is 6.61. The van der Waals surface area contributed by atoms with E-state index < -0.39 is 0 Å². The molecule has 0 N–H and O–H groups in total. The predicted molar refractivity (Wildman–Crippen MR) is 159 cm³/mol. The molecule has 4 heteroatoms. The molecular formula is C35H22N4. The van der Waals surface area contributed by atoms with Gasteiger partial charge in [0.15, 0.2) is 0 Å². The Morgan fingerprint density at radius 2 is 0.923 bits per heavy atom. The van der Waals surface area contributed by atoms with Crippen molar-refractivity contribution in [2.24, 2.45) is 0 Å². The van der Waals surface area contributed by atoms with Crippen molar-refractivity contribution in [3.8, 4) is 22.5 Å². The minimum atomic E-state index is 0.958. The molecule has 1 aliphatic rings. The molecule has 0 atom stereocenters. The second kappa shape index (κ2) is 7.65. The summed E-state index contributed by atoms with van der Waals surface area (Å²) in [7, 11) is 0. The highest BCUT2D eigenvalue weighted by molar-refractivity contribution is 6.10. The van der Waals surface area contributed by atoms with Crippen molar-refractivity contribution in [2.45, 2.75) is 6.42 Å². The van der Waals surface area contributed by atoms with Crippen LogP contribution in [0.5, 0.6) is 0 Å². The summed E-state index contributed by atoms with van der Waals surface area (Å²) in [6.07, 6.45) is 8.68. The Kier molecular flexibility index (Phi) is 4.08. The average molecular weight is 499 g/mol. The van der Waals surface area contributed by atoms with Gasteiger partial charge in [0.1, 0.15) is 0 Å². The number of nitrogens with zero attached hydrogens (tertiary/aromatic N) is 4. The zero-order chi connectivity index (χ0) is 25.5. The summed E-state index contributed by atoms with van der Waals surface area (Å²) in [5, 5.41) is 4.81. The van der Waals surface area contributed by atoms with Crippen LogP contribution in [0, 0.1) is 0 Å². The lowest BCUT2D eigenvalue weighted by Gasteiger charge is -2.12. The molecule has 0 aliphatic heterocycles. The van der Waals surface area contributed by atoms with E-state index in [2.05, 4.69) is 116 Å². The van der Waals surface area contributed by atoms with Gasteiger partial charge in [0.2, 0.25) is 0 Å². The number of benzene rings is 4. The third kappa shape index (κ3) is 2.83. The SMILES string of the molecule is c1ccc2c(c1)c1cnccc1n2-c1ccc2c(c1)-c1cc(-n3c4ccccc4c4cnccc43)ccc1C2. The lowest BCUT2D eigenvalue weighted by atomic mass is 10.0. The van der Waals surface area contributed by atoms with Crippen LogP contribution in [0.25, 0.3) is 66.1 Å². The van der Waals surface area contributed by atoms with Gasteiger partial charge in [-0.2, -0.15) is 0 Å². The minimum absolute atomic E-state index is 0.958. The van der Waals surface area contributed by atoms with Crippen LogP contribution in [0.4, 0.5) is 0 Å². The molecule has 4 heterocycles. The van der Waals surface area contributed by atoms with Gasteiger partial charge >= 0.3 is 0 Å². The van der Waals surface area contributed by atoms with Crippen LogP contribution < -0.4 is 0 Å². The van der Waals surface area contributed by atoms with Crippen LogP contribution in [0.1, 0.15) is 11.1 Å². The molecule has 4 aromatic heterocycles. The van der Waals surface area contributed by atoms with Gasteiger partial charge < -0.3 is 9.13 Å². The van der Waals surface area contributed by atoms with Gasteiger partial charge in [-0.1, -0.05) is 48.5 Å². The van der Waals surface area contributed by atoms with E-state index in [1.54, 1.807) is 0 Å². The third-order valence-corrected chi connectivity index (χ3v) is 8.32. The van der Waals surface area contributed by atoms with Crippen molar-refractivity contribution in [3.05, 3.63) is 133 Å². The number of hydrogen-bond donors (Lipinski definition) is 0. The molecule has 1 aliphatic carbocycles. The van der Waals surface area contributed by atoms with Crippen LogP contribution in [0.3, 0.4) is 0 Å². The van der Waals surface area contributed by atoms with Crippen molar-refractivity contribution in [1.82, 2.24) is 19.1 Å². The van der Waals surface area contributed by atoms with E-state index in [1.807, 2.05) is 24.8 Å². The van der Waals surface area contributed by atoms with Gasteiger partial charge in [-0.3, -0.25) is 9.97 Å². The maximum atomic E-state index is 4.42. The van der Waals surface area contributed by atoms with E-state index in [0.717, 1.165) is 6.42 Å². The summed E-state index contributed by atoms with van der Waals surface area (Å²) in [5.74, 6) is 0. The number of pyridine rings is 2. The monoisotopic (exact) mass is 498 g/mol. The van der Waals surface area contributed by atoms with Crippen molar-refractivity contribution in [3.63, 3.8) is 0 Å². The largest absolute Gasteiger partial charge is 0.309 e.